The van der Waals surface area contributed by atoms with Gasteiger partial charge in [-0.25, -0.2) is 0 Å². The largest absolute Gasteiger partial charge is 0.480 e. The van der Waals surface area contributed by atoms with Crippen LogP contribution < -0.4 is 5.32 Å². The average Bonchev–Trinajstić information content (AvgIpc) is 2.29. The second-order valence-electron chi connectivity index (χ2n) is 4.37. The Morgan fingerprint density at radius 3 is 2.69 bits per heavy atom. The zero-order valence-electron chi connectivity index (χ0n) is 10.1. The van der Waals surface area contributed by atoms with E-state index in [1.807, 2.05) is 6.92 Å². The minimum atomic E-state index is -0.783. The van der Waals surface area contributed by atoms with Gasteiger partial charge in [-0.3, -0.25) is 4.79 Å². The first-order chi connectivity index (χ1) is 7.74. The first kappa shape index (κ1) is 13.5. The molecule has 0 bridgehead atoms. The van der Waals surface area contributed by atoms with Crippen molar-refractivity contribution in [2.45, 2.75) is 57.6 Å². The van der Waals surface area contributed by atoms with Crippen LogP contribution in [-0.4, -0.2) is 36.4 Å². The molecule has 1 atom stereocenters. The van der Waals surface area contributed by atoms with E-state index in [1.165, 1.54) is 19.3 Å². The first-order valence-electron chi connectivity index (χ1n) is 6.31. The van der Waals surface area contributed by atoms with Gasteiger partial charge in [0.15, 0.2) is 0 Å². The fourth-order valence-corrected chi connectivity index (χ4v) is 2.14. The van der Waals surface area contributed by atoms with E-state index in [2.05, 4.69) is 5.32 Å². The summed E-state index contributed by atoms with van der Waals surface area (Å²) >= 11 is 0. The highest BCUT2D eigenvalue weighted by Crippen LogP contribution is 2.20. The second-order valence-corrected chi connectivity index (χ2v) is 4.37. The minimum Gasteiger partial charge on any atom is -0.480 e. The van der Waals surface area contributed by atoms with Gasteiger partial charge in [-0.1, -0.05) is 26.2 Å². The average molecular weight is 229 g/mol. The number of rotatable bonds is 7. The normalized spacial score (nSPS) is 19.6. The highest BCUT2D eigenvalue weighted by molar-refractivity contribution is 5.73. The Hall–Kier alpha value is -0.610. The van der Waals surface area contributed by atoms with Crippen LogP contribution >= 0.6 is 0 Å². The van der Waals surface area contributed by atoms with Crippen LogP contribution in [0.25, 0.3) is 0 Å². The van der Waals surface area contributed by atoms with Crippen molar-refractivity contribution in [1.82, 2.24) is 5.32 Å². The lowest BCUT2D eigenvalue weighted by atomic mass is 9.98. The molecule has 0 amide bonds. The molecule has 0 aromatic heterocycles. The summed E-state index contributed by atoms with van der Waals surface area (Å²) in [7, 11) is 0. The molecule has 1 aliphatic rings. The molecule has 0 radical (unpaired) electrons. The van der Waals surface area contributed by atoms with Gasteiger partial charge in [0.25, 0.3) is 0 Å². The first-order valence-corrected chi connectivity index (χ1v) is 6.31. The molecule has 1 unspecified atom stereocenters. The molecule has 1 saturated carbocycles. The molecule has 4 nitrogen and oxygen atoms in total. The van der Waals surface area contributed by atoms with Gasteiger partial charge in [-0.15, -0.1) is 0 Å². The van der Waals surface area contributed by atoms with Gasteiger partial charge < -0.3 is 15.2 Å². The molecule has 0 saturated heterocycles. The maximum atomic E-state index is 10.9. The summed E-state index contributed by atoms with van der Waals surface area (Å²) in [5, 5.41) is 11.9. The van der Waals surface area contributed by atoms with Crippen molar-refractivity contribution in [3.8, 4) is 0 Å². The molecule has 2 N–H and O–H groups in total. The molecule has 0 aliphatic heterocycles. The third kappa shape index (κ3) is 4.94. The third-order valence-corrected chi connectivity index (χ3v) is 3.06. The maximum absolute atomic E-state index is 10.9. The molecule has 0 aromatic carbocycles. The number of carboxylic acid groups (broad SMARTS) is 1. The Balaban J connectivity index is 2.13. The summed E-state index contributed by atoms with van der Waals surface area (Å²) < 4.78 is 5.71. The Labute approximate surface area is 97.4 Å². The summed E-state index contributed by atoms with van der Waals surface area (Å²) in [6.45, 7) is 3.15. The van der Waals surface area contributed by atoms with E-state index in [9.17, 15) is 4.79 Å². The van der Waals surface area contributed by atoms with Gasteiger partial charge in [0.2, 0.25) is 0 Å². The Morgan fingerprint density at radius 2 is 2.12 bits per heavy atom. The molecule has 0 heterocycles. The van der Waals surface area contributed by atoms with Gasteiger partial charge >= 0.3 is 5.97 Å². The van der Waals surface area contributed by atoms with E-state index >= 15 is 0 Å². The monoisotopic (exact) mass is 229 g/mol. The Morgan fingerprint density at radius 1 is 1.44 bits per heavy atom. The summed E-state index contributed by atoms with van der Waals surface area (Å²) in [4.78, 5) is 10.9. The summed E-state index contributed by atoms with van der Waals surface area (Å²) in [5.41, 5.74) is 0. The predicted molar refractivity (Wildman–Crippen MR) is 62.5 cm³/mol. The number of aliphatic carboxylic acids is 1. The highest BCUT2D eigenvalue weighted by Gasteiger charge is 2.18. The molecular formula is C12H23NO3. The number of hydrogen-bond donors (Lipinski definition) is 2. The zero-order valence-corrected chi connectivity index (χ0v) is 10.1. The second kappa shape index (κ2) is 7.63. The molecule has 1 fully saturated rings. The van der Waals surface area contributed by atoms with Crippen molar-refractivity contribution in [2.75, 3.05) is 13.2 Å². The van der Waals surface area contributed by atoms with Crippen LogP contribution in [0.15, 0.2) is 0 Å². The molecule has 4 heteroatoms. The Bertz CT molecular complexity index is 202. The lowest BCUT2D eigenvalue weighted by Gasteiger charge is -2.22. The summed E-state index contributed by atoms with van der Waals surface area (Å²) in [6, 6.07) is -0.464. The van der Waals surface area contributed by atoms with Crippen LogP contribution in [-0.2, 0) is 9.53 Å². The fourth-order valence-electron chi connectivity index (χ4n) is 2.14. The molecular weight excluding hydrogens is 206 g/mol. The topological polar surface area (TPSA) is 58.6 Å². The van der Waals surface area contributed by atoms with Crippen molar-refractivity contribution in [3.05, 3.63) is 0 Å². The fraction of sp³-hybridized carbons (Fsp3) is 0.917. The van der Waals surface area contributed by atoms with E-state index in [-0.39, 0.29) is 0 Å². The van der Waals surface area contributed by atoms with Crippen LogP contribution in [0.1, 0.15) is 45.4 Å². The van der Waals surface area contributed by atoms with Crippen molar-refractivity contribution < 1.29 is 14.6 Å². The van der Waals surface area contributed by atoms with Gasteiger partial charge in [-0.05, 0) is 25.8 Å². The standard InChI is InChI=1S/C12H23NO3/c1-2-13-11(12(14)15)8-9-16-10-6-4-3-5-7-10/h10-11,13H,2-9H2,1H3,(H,14,15). The number of carboxylic acids is 1. The van der Waals surface area contributed by atoms with Crippen LogP contribution in [0.4, 0.5) is 0 Å². The number of carbonyl (C=O) groups is 1. The van der Waals surface area contributed by atoms with Crippen molar-refractivity contribution in [3.63, 3.8) is 0 Å². The smallest absolute Gasteiger partial charge is 0.320 e. The van der Waals surface area contributed by atoms with Gasteiger partial charge in [0.05, 0.1) is 6.10 Å². The lowest BCUT2D eigenvalue weighted by molar-refractivity contribution is -0.140. The van der Waals surface area contributed by atoms with E-state index < -0.39 is 12.0 Å². The molecule has 0 spiro atoms. The molecule has 16 heavy (non-hydrogen) atoms. The Kier molecular flexibility index (Phi) is 6.42. The zero-order chi connectivity index (χ0) is 11.8. The van der Waals surface area contributed by atoms with Crippen molar-refractivity contribution in [1.29, 1.82) is 0 Å². The molecule has 1 rings (SSSR count). The van der Waals surface area contributed by atoms with Gasteiger partial charge in [0.1, 0.15) is 6.04 Å². The third-order valence-electron chi connectivity index (χ3n) is 3.06. The van der Waals surface area contributed by atoms with E-state index in [0.717, 1.165) is 12.8 Å². The van der Waals surface area contributed by atoms with Gasteiger partial charge in [0, 0.05) is 6.61 Å². The van der Waals surface area contributed by atoms with Crippen LogP contribution in [0, 0.1) is 0 Å². The number of likely N-dealkylation sites (N-methyl/N-ethyl adjacent to an activating group) is 1. The SMILES string of the molecule is CCNC(CCOC1CCCCC1)C(=O)O. The van der Waals surface area contributed by atoms with E-state index in [4.69, 9.17) is 9.84 Å². The molecule has 94 valence electrons. The van der Waals surface area contributed by atoms with Crippen LogP contribution in [0.2, 0.25) is 0 Å². The van der Waals surface area contributed by atoms with Crippen molar-refractivity contribution >= 4 is 5.97 Å². The van der Waals surface area contributed by atoms with E-state index in [0.29, 0.717) is 25.7 Å². The predicted octanol–water partition coefficient (Wildman–Crippen LogP) is 1.79. The highest BCUT2D eigenvalue weighted by atomic mass is 16.5. The number of ether oxygens (including phenoxy) is 1. The van der Waals surface area contributed by atoms with Crippen LogP contribution in [0.5, 0.6) is 0 Å². The molecule has 1 aliphatic carbocycles. The van der Waals surface area contributed by atoms with Crippen LogP contribution in [0.3, 0.4) is 0 Å². The lowest BCUT2D eigenvalue weighted by Crippen LogP contribution is -2.37. The number of hydrogen-bond acceptors (Lipinski definition) is 3. The molecule has 0 aromatic rings. The maximum Gasteiger partial charge on any atom is 0.320 e. The minimum absolute atomic E-state index is 0.366. The van der Waals surface area contributed by atoms with Gasteiger partial charge in [-0.2, -0.15) is 0 Å². The summed E-state index contributed by atoms with van der Waals surface area (Å²) in [6.07, 6.45) is 7.01. The van der Waals surface area contributed by atoms with E-state index in [1.54, 1.807) is 0 Å². The van der Waals surface area contributed by atoms with Crippen molar-refractivity contribution in [2.24, 2.45) is 0 Å². The summed E-state index contributed by atoms with van der Waals surface area (Å²) in [5.74, 6) is -0.783. The quantitative estimate of drug-likeness (QED) is 0.698. The number of nitrogens with one attached hydrogen (secondary N) is 1.